The van der Waals surface area contributed by atoms with E-state index in [-0.39, 0.29) is 0 Å². The Morgan fingerprint density at radius 2 is 1.92 bits per heavy atom. The van der Waals surface area contributed by atoms with Gasteiger partial charge in [-0.15, -0.1) is 0 Å². The van der Waals surface area contributed by atoms with E-state index in [4.69, 9.17) is 12.6 Å². The minimum Gasteiger partial charge on any atom is -0.175 e. The molecule has 0 aliphatic heterocycles. The molecule has 0 aromatic heterocycles. The molecular weight excluding hydrogens is 176 g/mol. The van der Waals surface area contributed by atoms with E-state index in [0.29, 0.717) is 0 Å². The quantitative estimate of drug-likeness (QED) is 0.562. The van der Waals surface area contributed by atoms with Crippen LogP contribution in [0.2, 0.25) is 0 Å². The average Bonchev–Trinajstić information content (AvgIpc) is 2.55. The van der Waals surface area contributed by atoms with Gasteiger partial charge in [0.05, 0.1) is 0 Å². The number of thiol groups is 1. The summed E-state index contributed by atoms with van der Waals surface area (Å²) in [7, 11) is 0. The molecule has 13 heavy (non-hydrogen) atoms. The molecule has 5 fully saturated rings. The summed E-state index contributed by atoms with van der Waals surface area (Å²) in [5, 5.41) is 0.771. The van der Waals surface area contributed by atoms with Crippen molar-refractivity contribution in [1.29, 1.82) is 0 Å². The second-order valence-corrected chi connectivity index (χ2v) is 6.62. The molecule has 3 unspecified atom stereocenters. The van der Waals surface area contributed by atoms with Gasteiger partial charge in [-0.25, -0.2) is 0 Å². The second kappa shape index (κ2) is 1.98. The van der Waals surface area contributed by atoms with Crippen LogP contribution in [0.25, 0.3) is 0 Å². The lowest BCUT2D eigenvalue weighted by atomic mass is 9.71. The molecule has 5 aliphatic rings. The van der Waals surface area contributed by atoms with Gasteiger partial charge >= 0.3 is 0 Å². The van der Waals surface area contributed by atoms with E-state index in [1.54, 1.807) is 25.7 Å². The molecule has 0 aromatic rings. The third-order valence-electron chi connectivity index (χ3n) is 6.00. The zero-order chi connectivity index (χ0) is 8.68. The summed E-state index contributed by atoms with van der Waals surface area (Å²) in [6.45, 7) is 0. The lowest BCUT2D eigenvalue weighted by Crippen LogP contribution is -2.27. The van der Waals surface area contributed by atoms with Crippen molar-refractivity contribution in [1.82, 2.24) is 0 Å². The first kappa shape index (κ1) is 7.62. The molecule has 0 radical (unpaired) electrons. The fourth-order valence-corrected chi connectivity index (χ4v) is 6.07. The van der Waals surface area contributed by atoms with Gasteiger partial charge in [0.25, 0.3) is 0 Å². The van der Waals surface area contributed by atoms with Crippen LogP contribution in [0.4, 0.5) is 0 Å². The molecule has 72 valence electrons. The standard InChI is InChI=1S/C12H18S/c13-10-3-1-2-4-11-7-12(10,11)9-5-8(11)6-9/h8-10,13H,1-7H2. The Kier molecular flexibility index (Phi) is 1.16. The van der Waals surface area contributed by atoms with E-state index < -0.39 is 0 Å². The monoisotopic (exact) mass is 194 g/mol. The molecule has 0 N–H and O–H groups in total. The number of rotatable bonds is 0. The van der Waals surface area contributed by atoms with Crippen LogP contribution >= 0.6 is 12.6 Å². The molecular formula is C12H18S. The summed E-state index contributed by atoms with van der Waals surface area (Å²) in [5.41, 5.74) is 1.62. The van der Waals surface area contributed by atoms with Crippen molar-refractivity contribution in [2.45, 2.75) is 50.2 Å². The lowest BCUT2D eigenvalue weighted by molar-refractivity contribution is 0.171. The van der Waals surface area contributed by atoms with E-state index in [1.807, 2.05) is 0 Å². The van der Waals surface area contributed by atoms with E-state index in [1.165, 1.54) is 19.3 Å². The minimum absolute atomic E-state index is 0.771. The third kappa shape index (κ3) is 0.590. The maximum absolute atomic E-state index is 4.91. The number of hydrogen-bond acceptors (Lipinski definition) is 1. The van der Waals surface area contributed by atoms with Crippen LogP contribution in [0.15, 0.2) is 0 Å². The van der Waals surface area contributed by atoms with Crippen LogP contribution in [-0.2, 0) is 0 Å². The molecule has 5 aliphatic carbocycles. The van der Waals surface area contributed by atoms with Crippen molar-refractivity contribution in [3.8, 4) is 0 Å². The van der Waals surface area contributed by atoms with E-state index in [9.17, 15) is 0 Å². The normalized spacial score (nSPS) is 67.6. The van der Waals surface area contributed by atoms with Crippen LogP contribution in [-0.4, -0.2) is 5.25 Å². The first-order valence-corrected chi connectivity index (χ1v) is 6.49. The van der Waals surface area contributed by atoms with E-state index in [2.05, 4.69) is 0 Å². The van der Waals surface area contributed by atoms with Crippen molar-refractivity contribution < 1.29 is 0 Å². The molecule has 0 saturated heterocycles. The summed E-state index contributed by atoms with van der Waals surface area (Å²) in [4.78, 5) is 0. The zero-order valence-corrected chi connectivity index (χ0v) is 9.02. The summed E-state index contributed by atoms with van der Waals surface area (Å²) in [6.07, 6.45) is 10.7. The van der Waals surface area contributed by atoms with Gasteiger partial charge in [0.15, 0.2) is 0 Å². The van der Waals surface area contributed by atoms with E-state index >= 15 is 0 Å². The van der Waals surface area contributed by atoms with Crippen LogP contribution in [0.1, 0.15) is 44.9 Å². The van der Waals surface area contributed by atoms with Crippen LogP contribution in [0.5, 0.6) is 0 Å². The average molecular weight is 194 g/mol. The largest absolute Gasteiger partial charge is 0.175 e. The SMILES string of the molecule is SC1CCCCC23CC12C1CC3C1. The molecule has 1 heteroatoms. The fraction of sp³-hybridized carbons (Fsp3) is 1.00. The predicted octanol–water partition coefficient (Wildman–Crippen LogP) is 3.28. The predicted molar refractivity (Wildman–Crippen MR) is 56.9 cm³/mol. The molecule has 0 spiro atoms. The highest BCUT2D eigenvalue weighted by Gasteiger charge is 2.83. The first-order chi connectivity index (χ1) is 6.30. The van der Waals surface area contributed by atoms with E-state index in [0.717, 1.165) is 27.9 Å². The Labute approximate surface area is 85.9 Å². The molecule has 0 nitrogen and oxygen atoms in total. The van der Waals surface area contributed by atoms with Gasteiger partial charge in [0.2, 0.25) is 0 Å². The summed E-state index contributed by atoms with van der Waals surface area (Å²) >= 11 is 4.91. The Balaban J connectivity index is 1.81. The Morgan fingerprint density at radius 1 is 1.08 bits per heavy atom. The third-order valence-corrected chi connectivity index (χ3v) is 6.72. The van der Waals surface area contributed by atoms with Crippen molar-refractivity contribution in [3.63, 3.8) is 0 Å². The summed E-state index contributed by atoms with van der Waals surface area (Å²) in [5.74, 6) is 2.25. The first-order valence-electron chi connectivity index (χ1n) is 5.98. The molecule has 0 heterocycles. The lowest BCUT2D eigenvalue weighted by Gasteiger charge is -2.35. The molecule has 0 amide bonds. The Morgan fingerprint density at radius 3 is 2.77 bits per heavy atom. The minimum atomic E-state index is 0.771. The fourth-order valence-electron chi connectivity index (χ4n) is 5.33. The highest BCUT2D eigenvalue weighted by atomic mass is 32.1. The number of hydrogen-bond donors (Lipinski definition) is 1. The van der Waals surface area contributed by atoms with Crippen LogP contribution in [0.3, 0.4) is 0 Å². The van der Waals surface area contributed by atoms with Crippen molar-refractivity contribution in [2.75, 3.05) is 0 Å². The highest BCUT2D eigenvalue weighted by molar-refractivity contribution is 7.81. The smallest absolute Gasteiger partial charge is 0.00815 e. The second-order valence-electron chi connectivity index (χ2n) is 6.00. The molecule has 3 atom stereocenters. The van der Waals surface area contributed by atoms with Crippen molar-refractivity contribution in [2.24, 2.45) is 22.7 Å². The van der Waals surface area contributed by atoms with Crippen molar-refractivity contribution in [3.05, 3.63) is 0 Å². The van der Waals surface area contributed by atoms with Crippen LogP contribution in [0, 0.1) is 22.7 Å². The maximum Gasteiger partial charge on any atom is 0.00815 e. The zero-order valence-electron chi connectivity index (χ0n) is 8.13. The maximum atomic E-state index is 4.91. The van der Waals surface area contributed by atoms with Gasteiger partial charge in [0.1, 0.15) is 0 Å². The molecule has 5 saturated carbocycles. The Hall–Kier alpha value is 0.350. The van der Waals surface area contributed by atoms with Gasteiger partial charge in [-0.3, -0.25) is 0 Å². The van der Waals surface area contributed by atoms with Gasteiger partial charge < -0.3 is 0 Å². The van der Waals surface area contributed by atoms with Crippen LogP contribution < -0.4 is 0 Å². The highest BCUT2D eigenvalue weighted by Crippen LogP contribution is 2.89. The molecule has 5 rings (SSSR count). The van der Waals surface area contributed by atoms with Gasteiger partial charge in [0, 0.05) is 5.25 Å². The topological polar surface area (TPSA) is 0 Å². The van der Waals surface area contributed by atoms with Gasteiger partial charge in [-0.2, -0.15) is 12.6 Å². The molecule has 0 aromatic carbocycles. The summed E-state index contributed by atoms with van der Waals surface area (Å²) in [6, 6.07) is 0. The van der Waals surface area contributed by atoms with Gasteiger partial charge in [-0.05, 0) is 54.8 Å². The Bertz CT molecular complexity index is 264. The summed E-state index contributed by atoms with van der Waals surface area (Å²) < 4.78 is 0. The van der Waals surface area contributed by atoms with Crippen molar-refractivity contribution >= 4 is 12.6 Å². The van der Waals surface area contributed by atoms with Gasteiger partial charge in [-0.1, -0.05) is 12.8 Å². The molecule has 2 bridgehead atoms.